The molecule has 1 aliphatic heterocycles. The highest BCUT2D eigenvalue weighted by molar-refractivity contribution is 5.61. The van der Waals surface area contributed by atoms with Crippen LogP contribution in [0.5, 0.6) is 0 Å². The summed E-state index contributed by atoms with van der Waals surface area (Å²) in [5, 5.41) is 12.3. The topological polar surface area (TPSA) is 39.1 Å². The molecule has 0 aliphatic carbocycles. The molecule has 1 saturated heterocycles. The minimum Gasteiger partial charge on any atom is -0.369 e. The number of nitriles is 1. The highest BCUT2D eigenvalue weighted by Crippen LogP contribution is 2.33. The second-order valence-electron chi connectivity index (χ2n) is 4.92. The second kappa shape index (κ2) is 5.71. The smallest absolute Gasteiger partial charge is 0.369 e. The summed E-state index contributed by atoms with van der Waals surface area (Å²) in [5.74, 6) is 0. The van der Waals surface area contributed by atoms with Gasteiger partial charge >= 0.3 is 6.18 Å². The molecule has 2 rings (SSSR count). The quantitative estimate of drug-likeness (QED) is 0.907. The van der Waals surface area contributed by atoms with Crippen LogP contribution in [0.25, 0.3) is 0 Å². The molecule has 3 nitrogen and oxygen atoms in total. The lowest BCUT2D eigenvalue weighted by Gasteiger charge is -2.34. The Labute approximate surface area is 116 Å². The van der Waals surface area contributed by atoms with Gasteiger partial charge in [-0.1, -0.05) is 0 Å². The lowest BCUT2D eigenvalue weighted by molar-refractivity contribution is -0.137. The summed E-state index contributed by atoms with van der Waals surface area (Å²) < 4.78 is 38.0. The van der Waals surface area contributed by atoms with Gasteiger partial charge in [-0.25, -0.2) is 0 Å². The predicted octanol–water partition coefficient (Wildman–Crippen LogP) is 2.77. The molecule has 1 unspecified atom stereocenters. The van der Waals surface area contributed by atoms with Crippen LogP contribution in [0.2, 0.25) is 0 Å². The maximum atomic E-state index is 12.7. The Morgan fingerprint density at radius 2 is 2.15 bits per heavy atom. The number of rotatable bonds is 2. The van der Waals surface area contributed by atoms with Gasteiger partial charge in [-0.3, -0.25) is 0 Å². The van der Waals surface area contributed by atoms with E-state index in [1.54, 1.807) is 0 Å². The summed E-state index contributed by atoms with van der Waals surface area (Å²) in [6.07, 6.45) is -2.42. The van der Waals surface area contributed by atoms with Gasteiger partial charge in [-0.15, -0.1) is 0 Å². The Balaban J connectivity index is 2.30. The van der Waals surface area contributed by atoms with Crippen LogP contribution in [-0.4, -0.2) is 26.2 Å². The number of nitrogens with zero attached hydrogens (tertiary/aromatic N) is 2. The fraction of sp³-hybridized carbons (Fsp3) is 0.500. The van der Waals surface area contributed by atoms with Crippen molar-refractivity contribution in [1.82, 2.24) is 5.32 Å². The van der Waals surface area contributed by atoms with Crippen LogP contribution in [-0.2, 0) is 6.18 Å². The van der Waals surface area contributed by atoms with Crippen molar-refractivity contribution >= 4 is 5.69 Å². The summed E-state index contributed by atoms with van der Waals surface area (Å²) in [7, 11) is 1.87. The Kier molecular flexibility index (Phi) is 4.19. The molecule has 0 radical (unpaired) electrons. The molecule has 1 atom stereocenters. The van der Waals surface area contributed by atoms with E-state index >= 15 is 0 Å². The molecule has 1 aromatic carbocycles. The molecule has 6 heteroatoms. The lowest BCUT2D eigenvalue weighted by Crippen LogP contribution is -2.44. The van der Waals surface area contributed by atoms with E-state index in [-0.39, 0.29) is 5.56 Å². The average molecular weight is 283 g/mol. The van der Waals surface area contributed by atoms with Crippen LogP contribution >= 0.6 is 0 Å². The number of halogens is 3. The maximum Gasteiger partial charge on any atom is 0.416 e. The van der Waals surface area contributed by atoms with Crippen LogP contribution in [0.1, 0.15) is 24.0 Å². The second-order valence-corrected chi connectivity index (χ2v) is 4.92. The zero-order valence-corrected chi connectivity index (χ0v) is 11.2. The summed E-state index contributed by atoms with van der Waals surface area (Å²) in [4.78, 5) is 1.98. The third kappa shape index (κ3) is 3.05. The molecule has 0 spiro atoms. The molecule has 1 N–H and O–H groups in total. The minimum absolute atomic E-state index is 0.0802. The zero-order valence-electron chi connectivity index (χ0n) is 11.2. The van der Waals surface area contributed by atoms with Gasteiger partial charge in [0.05, 0.1) is 16.8 Å². The standard InChI is InChI=1S/C14H16F3N3/c1-19-12-3-2-6-20(9-12)13-5-4-11(14(15,16)17)7-10(13)8-18/h4-5,7,12,19H,2-3,6,9H2,1H3. The lowest BCUT2D eigenvalue weighted by atomic mass is 10.0. The first kappa shape index (κ1) is 14.7. The maximum absolute atomic E-state index is 12.7. The Morgan fingerprint density at radius 3 is 2.75 bits per heavy atom. The first-order valence-corrected chi connectivity index (χ1v) is 6.49. The average Bonchev–Trinajstić information content (AvgIpc) is 2.45. The molecule has 0 aromatic heterocycles. The van der Waals surface area contributed by atoms with Gasteiger partial charge in [-0.05, 0) is 38.1 Å². The van der Waals surface area contributed by atoms with Crippen molar-refractivity contribution in [2.24, 2.45) is 0 Å². The Morgan fingerprint density at radius 1 is 1.40 bits per heavy atom. The third-order valence-corrected chi connectivity index (χ3v) is 3.61. The van der Waals surface area contributed by atoms with Gasteiger partial charge in [-0.2, -0.15) is 18.4 Å². The molecule has 1 aromatic rings. The van der Waals surface area contributed by atoms with E-state index in [9.17, 15) is 13.2 Å². The third-order valence-electron chi connectivity index (χ3n) is 3.61. The fourth-order valence-corrected chi connectivity index (χ4v) is 2.51. The normalized spacial score (nSPS) is 19.8. The molecule has 108 valence electrons. The number of anilines is 1. The molecule has 1 aliphatic rings. The number of hydrogen-bond donors (Lipinski definition) is 1. The number of alkyl halides is 3. The number of likely N-dealkylation sites (N-methyl/N-ethyl adjacent to an activating group) is 1. The predicted molar refractivity (Wildman–Crippen MR) is 70.5 cm³/mol. The van der Waals surface area contributed by atoms with Gasteiger partial charge < -0.3 is 10.2 Å². The highest BCUT2D eigenvalue weighted by Gasteiger charge is 2.31. The Hall–Kier alpha value is -1.74. The minimum atomic E-state index is -4.42. The molecule has 1 heterocycles. The monoisotopic (exact) mass is 283 g/mol. The van der Waals surface area contributed by atoms with E-state index in [1.165, 1.54) is 6.07 Å². The number of piperidine rings is 1. The first-order valence-electron chi connectivity index (χ1n) is 6.49. The van der Waals surface area contributed by atoms with Crippen LogP contribution in [0.3, 0.4) is 0 Å². The van der Waals surface area contributed by atoms with E-state index in [2.05, 4.69) is 5.32 Å². The summed E-state index contributed by atoms with van der Waals surface area (Å²) in [5.41, 5.74) is -0.114. The molecular formula is C14H16F3N3. The first-order chi connectivity index (χ1) is 9.45. The molecular weight excluding hydrogens is 267 g/mol. The van der Waals surface area contributed by atoms with E-state index in [1.807, 2.05) is 18.0 Å². The van der Waals surface area contributed by atoms with Gasteiger partial charge in [0.25, 0.3) is 0 Å². The van der Waals surface area contributed by atoms with Gasteiger partial charge in [0.2, 0.25) is 0 Å². The van der Waals surface area contributed by atoms with Crippen LogP contribution in [0.15, 0.2) is 18.2 Å². The number of nitrogens with one attached hydrogen (secondary N) is 1. The number of hydrogen-bond acceptors (Lipinski definition) is 3. The molecule has 0 bridgehead atoms. The van der Waals surface area contributed by atoms with Gasteiger partial charge in [0, 0.05) is 19.1 Å². The van der Waals surface area contributed by atoms with Crippen LogP contribution in [0.4, 0.5) is 18.9 Å². The van der Waals surface area contributed by atoms with Crippen molar-refractivity contribution in [3.05, 3.63) is 29.3 Å². The van der Waals surface area contributed by atoms with Crippen LogP contribution in [0, 0.1) is 11.3 Å². The largest absolute Gasteiger partial charge is 0.416 e. The van der Waals surface area contributed by atoms with Crippen LogP contribution < -0.4 is 10.2 Å². The van der Waals surface area contributed by atoms with Crippen molar-refractivity contribution in [2.75, 3.05) is 25.0 Å². The van der Waals surface area contributed by atoms with E-state index in [0.717, 1.165) is 31.5 Å². The van der Waals surface area contributed by atoms with Crippen molar-refractivity contribution in [3.63, 3.8) is 0 Å². The van der Waals surface area contributed by atoms with E-state index < -0.39 is 11.7 Å². The molecule has 0 saturated carbocycles. The molecule has 20 heavy (non-hydrogen) atoms. The zero-order chi connectivity index (χ0) is 14.8. The molecule has 1 fully saturated rings. The SMILES string of the molecule is CNC1CCCN(c2ccc(C(F)(F)F)cc2C#N)C1. The summed E-state index contributed by atoms with van der Waals surface area (Å²) in [6, 6.07) is 5.55. The van der Waals surface area contributed by atoms with Gasteiger partial charge in [0.15, 0.2) is 0 Å². The van der Waals surface area contributed by atoms with Gasteiger partial charge in [0.1, 0.15) is 6.07 Å². The van der Waals surface area contributed by atoms with Crippen molar-refractivity contribution in [1.29, 1.82) is 5.26 Å². The summed E-state index contributed by atoms with van der Waals surface area (Å²) >= 11 is 0. The fourth-order valence-electron chi connectivity index (χ4n) is 2.51. The van der Waals surface area contributed by atoms with Crippen molar-refractivity contribution in [2.45, 2.75) is 25.1 Å². The molecule has 0 amide bonds. The highest BCUT2D eigenvalue weighted by atomic mass is 19.4. The summed E-state index contributed by atoms with van der Waals surface area (Å²) in [6.45, 7) is 1.47. The van der Waals surface area contributed by atoms with E-state index in [0.29, 0.717) is 18.3 Å². The number of benzene rings is 1. The Bertz CT molecular complexity index is 519. The van der Waals surface area contributed by atoms with Crippen molar-refractivity contribution < 1.29 is 13.2 Å². The van der Waals surface area contributed by atoms with Crippen molar-refractivity contribution in [3.8, 4) is 6.07 Å². The van der Waals surface area contributed by atoms with E-state index in [4.69, 9.17) is 5.26 Å².